The molecule has 2 N–H and O–H groups in total. The summed E-state index contributed by atoms with van der Waals surface area (Å²) >= 11 is 0. The van der Waals surface area contributed by atoms with Gasteiger partial charge in [-0.2, -0.15) is 5.10 Å². The Morgan fingerprint density at radius 2 is 1.79 bits per heavy atom. The molecule has 0 radical (unpaired) electrons. The molecule has 0 bridgehead atoms. The lowest BCUT2D eigenvalue weighted by Crippen LogP contribution is -2.32. The monoisotopic (exact) mass is 325 g/mol. The fourth-order valence-corrected chi connectivity index (χ4v) is 2.00. The summed E-state index contributed by atoms with van der Waals surface area (Å²) in [7, 11) is 1.54. The zero-order valence-corrected chi connectivity index (χ0v) is 13.6. The Labute approximate surface area is 140 Å². The van der Waals surface area contributed by atoms with Crippen LogP contribution in [-0.4, -0.2) is 25.1 Å². The highest BCUT2D eigenvalue weighted by atomic mass is 16.5. The number of carbonyl (C=O) groups is 2. The number of hydrazone groups is 1. The Hall–Kier alpha value is -3.15. The Morgan fingerprint density at radius 3 is 2.46 bits per heavy atom. The van der Waals surface area contributed by atoms with Crippen LogP contribution >= 0.6 is 0 Å². The molecule has 0 fully saturated rings. The van der Waals surface area contributed by atoms with Crippen molar-refractivity contribution < 1.29 is 14.3 Å². The van der Waals surface area contributed by atoms with Crippen LogP contribution in [0.15, 0.2) is 53.6 Å². The van der Waals surface area contributed by atoms with Gasteiger partial charge in [0.1, 0.15) is 5.75 Å². The lowest BCUT2D eigenvalue weighted by atomic mass is 10.1. The first-order valence-electron chi connectivity index (χ1n) is 7.50. The second kappa shape index (κ2) is 8.47. The van der Waals surface area contributed by atoms with Gasteiger partial charge in [0.2, 0.25) is 0 Å². The minimum Gasteiger partial charge on any atom is -0.496 e. The minimum atomic E-state index is -0.847. The van der Waals surface area contributed by atoms with E-state index in [0.29, 0.717) is 17.0 Å². The van der Waals surface area contributed by atoms with Crippen molar-refractivity contribution in [1.29, 1.82) is 0 Å². The predicted octanol–water partition coefficient (Wildman–Crippen LogP) is 2.35. The summed E-state index contributed by atoms with van der Waals surface area (Å²) in [5, 5.41) is 6.29. The average Bonchev–Trinajstić information content (AvgIpc) is 2.62. The second-order valence-corrected chi connectivity index (χ2v) is 4.95. The maximum atomic E-state index is 11.8. The van der Waals surface area contributed by atoms with Crippen molar-refractivity contribution in [1.82, 2.24) is 5.43 Å². The Kier molecular flexibility index (Phi) is 6.08. The van der Waals surface area contributed by atoms with Crippen LogP contribution < -0.4 is 15.5 Å². The molecule has 0 spiro atoms. The molecule has 24 heavy (non-hydrogen) atoms. The van der Waals surface area contributed by atoms with Crippen molar-refractivity contribution in [3.8, 4) is 5.75 Å². The Balaban J connectivity index is 1.91. The third-order valence-electron chi connectivity index (χ3n) is 3.33. The van der Waals surface area contributed by atoms with E-state index in [4.69, 9.17) is 4.74 Å². The highest BCUT2D eigenvalue weighted by Gasteiger charge is 2.12. The summed E-state index contributed by atoms with van der Waals surface area (Å²) in [6.45, 7) is 2.04. The maximum absolute atomic E-state index is 11.8. The fourth-order valence-electron chi connectivity index (χ4n) is 2.00. The van der Waals surface area contributed by atoms with Gasteiger partial charge in [-0.15, -0.1) is 0 Å². The molecule has 2 amide bonds. The molecule has 0 atom stereocenters. The lowest BCUT2D eigenvalue weighted by molar-refractivity contribution is -0.136. The smallest absolute Gasteiger partial charge is 0.329 e. The van der Waals surface area contributed by atoms with E-state index in [9.17, 15) is 9.59 Å². The number of rotatable bonds is 5. The van der Waals surface area contributed by atoms with Gasteiger partial charge in [0, 0.05) is 11.3 Å². The van der Waals surface area contributed by atoms with Gasteiger partial charge in [0.25, 0.3) is 0 Å². The number of carbonyl (C=O) groups excluding carboxylic acids is 2. The van der Waals surface area contributed by atoms with Crippen molar-refractivity contribution >= 4 is 23.7 Å². The van der Waals surface area contributed by atoms with Gasteiger partial charge in [0.05, 0.1) is 13.3 Å². The van der Waals surface area contributed by atoms with Crippen molar-refractivity contribution in [2.45, 2.75) is 13.3 Å². The largest absolute Gasteiger partial charge is 0.496 e. The van der Waals surface area contributed by atoms with Gasteiger partial charge in [0.15, 0.2) is 0 Å². The first-order chi connectivity index (χ1) is 11.6. The molecular formula is C18H19N3O3. The quantitative estimate of drug-likeness (QED) is 0.503. The molecule has 0 aliphatic heterocycles. The molecule has 0 unspecified atom stereocenters. The molecule has 2 aromatic rings. The third kappa shape index (κ3) is 4.67. The summed E-state index contributed by atoms with van der Waals surface area (Å²) in [4.78, 5) is 23.6. The number of hydrogen-bond donors (Lipinski definition) is 2. The van der Waals surface area contributed by atoms with E-state index in [0.717, 1.165) is 12.0 Å². The third-order valence-corrected chi connectivity index (χ3v) is 3.33. The topological polar surface area (TPSA) is 79.8 Å². The average molecular weight is 325 g/mol. The van der Waals surface area contributed by atoms with Gasteiger partial charge in [-0.1, -0.05) is 31.2 Å². The number of aryl methyl sites for hydroxylation is 1. The summed E-state index contributed by atoms with van der Waals surface area (Å²) < 4.78 is 5.16. The van der Waals surface area contributed by atoms with Crippen molar-refractivity contribution in [2.75, 3.05) is 12.4 Å². The molecule has 124 valence electrons. The molecule has 6 heteroatoms. The highest BCUT2D eigenvalue weighted by Crippen LogP contribution is 2.14. The molecule has 0 heterocycles. The number of anilines is 1. The zero-order chi connectivity index (χ0) is 17.4. The highest BCUT2D eigenvalue weighted by molar-refractivity contribution is 6.39. The van der Waals surface area contributed by atoms with E-state index in [-0.39, 0.29) is 0 Å². The van der Waals surface area contributed by atoms with Gasteiger partial charge in [-0.25, -0.2) is 5.43 Å². The van der Waals surface area contributed by atoms with Crippen molar-refractivity contribution in [2.24, 2.45) is 5.10 Å². The van der Waals surface area contributed by atoms with E-state index in [1.165, 1.54) is 6.21 Å². The maximum Gasteiger partial charge on any atom is 0.329 e. The first kappa shape index (κ1) is 17.2. The van der Waals surface area contributed by atoms with Crippen LogP contribution in [0.4, 0.5) is 5.69 Å². The molecule has 0 saturated carbocycles. The zero-order valence-electron chi connectivity index (χ0n) is 13.6. The van der Waals surface area contributed by atoms with E-state index in [1.54, 1.807) is 31.4 Å². The number of methoxy groups -OCH3 is 1. The van der Waals surface area contributed by atoms with Crippen LogP contribution in [0.25, 0.3) is 0 Å². The van der Waals surface area contributed by atoms with E-state index < -0.39 is 11.8 Å². The Bertz CT molecular complexity index is 739. The summed E-state index contributed by atoms with van der Waals surface area (Å²) in [6.07, 6.45) is 2.33. The van der Waals surface area contributed by atoms with Crippen LogP contribution in [0.3, 0.4) is 0 Å². The molecule has 0 saturated heterocycles. The molecule has 0 aromatic heterocycles. The normalized spacial score (nSPS) is 10.4. The van der Waals surface area contributed by atoms with Crippen LogP contribution in [0.2, 0.25) is 0 Å². The number of benzene rings is 2. The second-order valence-electron chi connectivity index (χ2n) is 4.95. The van der Waals surface area contributed by atoms with Crippen molar-refractivity contribution in [3.05, 3.63) is 59.7 Å². The molecule has 2 aromatic carbocycles. The Morgan fingerprint density at radius 1 is 1.08 bits per heavy atom. The summed E-state index contributed by atoms with van der Waals surface area (Å²) in [6, 6.07) is 14.5. The van der Waals surface area contributed by atoms with E-state index >= 15 is 0 Å². The van der Waals surface area contributed by atoms with Gasteiger partial charge >= 0.3 is 11.8 Å². The minimum absolute atomic E-state index is 0.557. The number of ether oxygens (including phenoxy) is 1. The first-order valence-corrected chi connectivity index (χ1v) is 7.50. The predicted molar refractivity (Wildman–Crippen MR) is 93.2 cm³/mol. The van der Waals surface area contributed by atoms with E-state index in [1.807, 2.05) is 31.2 Å². The molecule has 6 nitrogen and oxygen atoms in total. The van der Waals surface area contributed by atoms with Crippen LogP contribution in [0.1, 0.15) is 18.1 Å². The number of hydrogen-bond acceptors (Lipinski definition) is 4. The summed E-state index contributed by atoms with van der Waals surface area (Å²) in [5.41, 5.74) is 4.59. The van der Waals surface area contributed by atoms with Gasteiger partial charge in [-0.3, -0.25) is 9.59 Å². The van der Waals surface area contributed by atoms with Crippen LogP contribution in [0, 0.1) is 0 Å². The number of nitrogens with zero attached hydrogens (tertiary/aromatic N) is 1. The number of amides is 2. The van der Waals surface area contributed by atoms with Gasteiger partial charge in [-0.05, 0) is 36.2 Å². The number of para-hydroxylation sites is 1. The molecular weight excluding hydrogens is 306 g/mol. The molecule has 0 aliphatic rings. The van der Waals surface area contributed by atoms with E-state index in [2.05, 4.69) is 15.8 Å². The standard InChI is InChI=1S/C18H19N3O3/c1-3-13-8-10-15(11-9-13)20-17(22)18(23)21-19-12-14-6-4-5-7-16(14)24-2/h4-12H,3H2,1-2H3,(H,20,22)(H,21,23). The number of nitrogens with one attached hydrogen (secondary N) is 2. The summed E-state index contributed by atoms with van der Waals surface area (Å²) in [5.74, 6) is -1.01. The van der Waals surface area contributed by atoms with Crippen molar-refractivity contribution in [3.63, 3.8) is 0 Å². The van der Waals surface area contributed by atoms with Crippen LogP contribution in [-0.2, 0) is 16.0 Å². The van der Waals surface area contributed by atoms with Crippen LogP contribution in [0.5, 0.6) is 5.75 Å². The van der Waals surface area contributed by atoms with Gasteiger partial charge < -0.3 is 10.1 Å². The lowest BCUT2D eigenvalue weighted by Gasteiger charge is -2.05. The molecule has 0 aliphatic carbocycles. The fraction of sp³-hybridized carbons (Fsp3) is 0.167. The SMILES string of the molecule is CCc1ccc(NC(=O)C(=O)NN=Cc2ccccc2OC)cc1. The molecule has 2 rings (SSSR count).